The van der Waals surface area contributed by atoms with Crippen molar-refractivity contribution in [3.05, 3.63) is 0 Å². The molecule has 0 aromatic heterocycles. The predicted molar refractivity (Wildman–Crippen MR) is 66.1 cm³/mol. The third kappa shape index (κ3) is 5.03. The van der Waals surface area contributed by atoms with Crippen molar-refractivity contribution in [1.29, 1.82) is 0 Å². The summed E-state index contributed by atoms with van der Waals surface area (Å²) in [5, 5.41) is 11.4. The molecule has 1 rings (SSSR count). The lowest BCUT2D eigenvalue weighted by molar-refractivity contribution is -0.142. The van der Waals surface area contributed by atoms with Crippen molar-refractivity contribution in [2.75, 3.05) is 12.3 Å². The molecule has 110 valence electrons. The highest BCUT2D eigenvalue weighted by Crippen LogP contribution is 2.14. The fraction of sp³-hybridized carbons (Fsp3) is 0.800. The quantitative estimate of drug-likeness (QED) is 0.632. The SMILES string of the molecule is CC(C)(C)OC(=O)NC1CNS(=O)(=O)CC1C(=O)O. The zero-order valence-electron chi connectivity index (χ0n) is 11.0. The first-order valence-corrected chi connectivity index (χ1v) is 7.35. The number of nitrogens with one attached hydrogen (secondary N) is 2. The molecule has 0 aliphatic carbocycles. The Kier molecular flexibility index (Phi) is 4.41. The van der Waals surface area contributed by atoms with Crippen molar-refractivity contribution in [2.24, 2.45) is 5.92 Å². The molecule has 1 fully saturated rings. The van der Waals surface area contributed by atoms with Crippen LogP contribution in [0.25, 0.3) is 0 Å². The van der Waals surface area contributed by atoms with Gasteiger partial charge in [0.15, 0.2) is 0 Å². The van der Waals surface area contributed by atoms with Gasteiger partial charge in [0.1, 0.15) is 5.60 Å². The summed E-state index contributed by atoms with van der Waals surface area (Å²) in [6, 6.07) is -0.837. The minimum absolute atomic E-state index is 0.168. The molecule has 1 heterocycles. The van der Waals surface area contributed by atoms with Gasteiger partial charge in [-0.2, -0.15) is 0 Å². The summed E-state index contributed by atoms with van der Waals surface area (Å²) in [5.41, 5.74) is -0.711. The number of alkyl carbamates (subject to hydrolysis) is 1. The van der Waals surface area contributed by atoms with Gasteiger partial charge in [0.05, 0.1) is 17.7 Å². The lowest BCUT2D eigenvalue weighted by Crippen LogP contribution is -2.57. The minimum Gasteiger partial charge on any atom is -0.481 e. The number of carboxylic acid groups (broad SMARTS) is 1. The molecular weight excluding hydrogens is 276 g/mol. The van der Waals surface area contributed by atoms with Gasteiger partial charge in [-0.15, -0.1) is 0 Å². The lowest BCUT2D eigenvalue weighted by Gasteiger charge is -2.30. The maximum atomic E-state index is 11.6. The highest BCUT2D eigenvalue weighted by molar-refractivity contribution is 7.89. The molecule has 0 spiro atoms. The lowest BCUT2D eigenvalue weighted by atomic mass is 10.0. The molecule has 1 amide bonds. The highest BCUT2D eigenvalue weighted by Gasteiger charge is 2.39. The molecule has 0 aromatic carbocycles. The first kappa shape index (κ1) is 15.7. The number of carbonyl (C=O) groups excluding carboxylic acids is 1. The van der Waals surface area contributed by atoms with Crippen LogP contribution in [0.1, 0.15) is 20.8 Å². The van der Waals surface area contributed by atoms with Gasteiger partial charge < -0.3 is 15.2 Å². The molecule has 1 aliphatic rings. The van der Waals surface area contributed by atoms with Gasteiger partial charge >= 0.3 is 12.1 Å². The van der Waals surface area contributed by atoms with Crippen LogP contribution in [-0.2, 0) is 19.6 Å². The maximum absolute atomic E-state index is 11.6. The Balaban J connectivity index is 2.71. The van der Waals surface area contributed by atoms with Crippen LogP contribution >= 0.6 is 0 Å². The number of amides is 1. The number of hydrogen-bond donors (Lipinski definition) is 3. The second-order valence-electron chi connectivity index (χ2n) is 5.33. The van der Waals surface area contributed by atoms with Gasteiger partial charge in [-0.25, -0.2) is 17.9 Å². The van der Waals surface area contributed by atoms with Crippen LogP contribution in [0.15, 0.2) is 0 Å². The Bertz CT molecular complexity index is 467. The van der Waals surface area contributed by atoms with Crippen LogP contribution in [0.4, 0.5) is 4.79 Å². The monoisotopic (exact) mass is 294 g/mol. The Labute approximate surface area is 111 Å². The molecule has 2 atom stereocenters. The fourth-order valence-electron chi connectivity index (χ4n) is 1.62. The first-order valence-electron chi connectivity index (χ1n) is 5.70. The molecule has 0 aromatic rings. The van der Waals surface area contributed by atoms with Crippen molar-refractivity contribution >= 4 is 22.1 Å². The zero-order chi connectivity index (χ0) is 14.8. The Morgan fingerprint density at radius 3 is 2.42 bits per heavy atom. The summed E-state index contributed by atoms with van der Waals surface area (Å²) in [6.07, 6.45) is -0.773. The molecule has 3 N–H and O–H groups in total. The number of carboxylic acids is 1. The van der Waals surface area contributed by atoms with E-state index in [0.29, 0.717) is 0 Å². The van der Waals surface area contributed by atoms with E-state index in [1.165, 1.54) is 0 Å². The number of ether oxygens (including phenoxy) is 1. The average molecular weight is 294 g/mol. The molecule has 1 aliphatic heterocycles. The van der Waals surface area contributed by atoms with Crippen molar-refractivity contribution in [2.45, 2.75) is 32.4 Å². The summed E-state index contributed by atoms with van der Waals surface area (Å²) in [4.78, 5) is 22.6. The van der Waals surface area contributed by atoms with Crippen LogP contribution < -0.4 is 10.0 Å². The van der Waals surface area contributed by atoms with E-state index in [2.05, 4.69) is 10.0 Å². The van der Waals surface area contributed by atoms with E-state index in [-0.39, 0.29) is 6.54 Å². The predicted octanol–water partition coefficient (Wildman–Crippen LogP) is -0.486. The molecule has 0 bridgehead atoms. The second-order valence-corrected chi connectivity index (χ2v) is 7.18. The van der Waals surface area contributed by atoms with E-state index in [9.17, 15) is 18.0 Å². The zero-order valence-corrected chi connectivity index (χ0v) is 11.8. The van der Waals surface area contributed by atoms with Gasteiger partial charge in [0.25, 0.3) is 0 Å². The van der Waals surface area contributed by atoms with Crippen molar-refractivity contribution in [3.63, 3.8) is 0 Å². The van der Waals surface area contributed by atoms with E-state index in [4.69, 9.17) is 9.84 Å². The van der Waals surface area contributed by atoms with Gasteiger partial charge in [-0.1, -0.05) is 0 Å². The largest absolute Gasteiger partial charge is 0.481 e. The standard InChI is InChI=1S/C10H18N2O6S/c1-10(2,3)18-9(15)12-7-4-11-19(16,17)5-6(7)8(13)14/h6-7,11H,4-5H2,1-3H3,(H,12,15)(H,13,14). The molecule has 2 unspecified atom stereocenters. The average Bonchev–Trinajstić information content (AvgIpc) is 2.17. The van der Waals surface area contributed by atoms with E-state index in [1.807, 2.05) is 0 Å². The third-order valence-electron chi connectivity index (χ3n) is 2.43. The van der Waals surface area contributed by atoms with Gasteiger partial charge in [0, 0.05) is 6.54 Å². The number of rotatable bonds is 2. The third-order valence-corrected chi connectivity index (χ3v) is 3.83. The summed E-state index contributed by atoms with van der Waals surface area (Å²) < 4.78 is 29.8. The summed E-state index contributed by atoms with van der Waals surface area (Å²) in [7, 11) is -3.60. The van der Waals surface area contributed by atoms with Crippen LogP contribution in [-0.4, -0.2) is 49.5 Å². The minimum atomic E-state index is -3.60. The molecule has 1 saturated heterocycles. The fourth-order valence-corrected chi connectivity index (χ4v) is 3.02. The second kappa shape index (κ2) is 5.33. The van der Waals surface area contributed by atoms with Crippen LogP contribution in [0.5, 0.6) is 0 Å². The van der Waals surface area contributed by atoms with E-state index >= 15 is 0 Å². The van der Waals surface area contributed by atoms with E-state index in [0.717, 1.165) is 0 Å². The van der Waals surface area contributed by atoms with E-state index in [1.54, 1.807) is 20.8 Å². The van der Waals surface area contributed by atoms with Crippen molar-refractivity contribution in [3.8, 4) is 0 Å². The summed E-state index contributed by atoms with van der Waals surface area (Å²) in [6.45, 7) is 4.85. The maximum Gasteiger partial charge on any atom is 0.407 e. The molecule has 8 nitrogen and oxygen atoms in total. The number of sulfonamides is 1. The van der Waals surface area contributed by atoms with Gasteiger partial charge in [0.2, 0.25) is 10.0 Å². The van der Waals surface area contributed by atoms with Crippen molar-refractivity contribution < 1.29 is 27.9 Å². The number of hydrogen-bond acceptors (Lipinski definition) is 5. The smallest absolute Gasteiger partial charge is 0.407 e. The van der Waals surface area contributed by atoms with Gasteiger partial charge in [-0.05, 0) is 20.8 Å². The number of carbonyl (C=O) groups is 2. The first-order chi connectivity index (χ1) is 8.50. The van der Waals surface area contributed by atoms with Crippen LogP contribution in [0.3, 0.4) is 0 Å². The van der Waals surface area contributed by atoms with E-state index < -0.39 is 45.4 Å². The Morgan fingerprint density at radius 2 is 1.95 bits per heavy atom. The van der Waals surface area contributed by atoms with Crippen LogP contribution in [0, 0.1) is 5.92 Å². The Hall–Kier alpha value is -1.35. The molecule has 0 saturated carbocycles. The molecule has 9 heteroatoms. The Morgan fingerprint density at radius 1 is 1.37 bits per heavy atom. The molecule has 19 heavy (non-hydrogen) atoms. The summed E-state index contributed by atoms with van der Waals surface area (Å²) in [5.74, 6) is -3.03. The van der Waals surface area contributed by atoms with Crippen LogP contribution in [0.2, 0.25) is 0 Å². The summed E-state index contributed by atoms with van der Waals surface area (Å²) >= 11 is 0. The topological polar surface area (TPSA) is 122 Å². The van der Waals surface area contributed by atoms with Crippen molar-refractivity contribution in [1.82, 2.24) is 10.0 Å². The normalized spacial score (nSPS) is 26.5. The molecule has 0 radical (unpaired) electrons. The molecular formula is C10H18N2O6S. The highest BCUT2D eigenvalue weighted by atomic mass is 32.2. The number of aliphatic carboxylic acids is 1. The van der Waals surface area contributed by atoms with Gasteiger partial charge in [-0.3, -0.25) is 4.79 Å².